The number of carboxylic acids is 1. The fourth-order valence-electron chi connectivity index (χ4n) is 1.41. The lowest BCUT2D eigenvalue weighted by atomic mass is 9.99. The summed E-state index contributed by atoms with van der Waals surface area (Å²) in [7, 11) is 0. The highest BCUT2D eigenvalue weighted by Gasteiger charge is 2.31. The first-order valence-electron chi connectivity index (χ1n) is 4.31. The standard InChI is InChI=1S/C10H10O4/c11-8-5-14-9(8)6-1-3-7(4-2-6)10(12)13/h1-4,8-9,11H,5H2,(H,12,13). The lowest BCUT2D eigenvalue weighted by Crippen LogP contribution is -2.37. The minimum atomic E-state index is -0.952. The van der Waals surface area contributed by atoms with E-state index in [4.69, 9.17) is 9.84 Å². The van der Waals surface area contributed by atoms with E-state index in [1.165, 1.54) is 12.1 Å². The quantitative estimate of drug-likeness (QED) is 0.731. The van der Waals surface area contributed by atoms with Crippen LogP contribution in [-0.2, 0) is 4.74 Å². The van der Waals surface area contributed by atoms with Gasteiger partial charge in [0.25, 0.3) is 0 Å². The van der Waals surface area contributed by atoms with Crippen molar-refractivity contribution in [1.29, 1.82) is 0 Å². The molecule has 0 aliphatic carbocycles. The van der Waals surface area contributed by atoms with E-state index in [-0.39, 0.29) is 11.7 Å². The smallest absolute Gasteiger partial charge is 0.335 e. The molecule has 4 nitrogen and oxygen atoms in total. The number of rotatable bonds is 2. The minimum Gasteiger partial charge on any atom is -0.478 e. The molecule has 1 aromatic carbocycles. The van der Waals surface area contributed by atoms with Crippen LogP contribution < -0.4 is 0 Å². The van der Waals surface area contributed by atoms with Crippen LogP contribution in [0.1, 0.15) is 22.0 Å². The summed E-state index contributed by atoms with van der Waals surface area (Å²) < 4.78 is 5.13. The van der Waals surface area contributed by atoms with Gasteiger partial charge >= 0.3 is 5.97 Å². The minimum absolute atomic E-state index is 0.238. The molecule has 1 saturated heterocycles. The zero-order valence-electron chi connectivity index (χ0n) is 7.38. The van der Waals surface area contributed by atoms with Crippen LogP contribution in [0.3, 0.4) is 0 Å². The summed E-state index contributed by atoms with van der Waals surface area (Å²) in [5.41, 5.74) is 1.05. The molecule has 2 unspecified atom stereocenters. The summed E-state index contributed by atoms with van der Waals surface area (Å²) in [6, 6.07) is 6.34. The molecule has 0 bridgehead atoms. The Morgan fingerprint density at radius 3 is 2.36 bits per heavy atom. The molecule has 1 aliphatic rings. The molecular formula is C10H10O4. The fraction of sp³-hybridized carbons (Fsp3) is 0.300. The van der Waals surface area contributed by atoms with Gasteiger partial charge in [0, 0.05) is 0 Å². The maximum atomic E-state index is 10.5. The molecule has 2 atom stereocenters. The number of aromatic carboxylic acids is 1. The van der Waals surface area contributed by atoms with Crippen LogP contribution in [0.5, 0.6) is 0 Å². The summed E-state index contributed by atoms with van der Waals surface area (Å²) in [6.45, 7) is 0.353. The van der Waals surface area contributed by atoms with Crippen molar-refractivity contribution in [2.24, 2.45) is 0 Å². The number of aliphatic hydroxyl groups excluding tert-OH is 1. The van der Waals surface area contributed by atoms with Crippen molar-refractivity contribution in [3.63, 3.8) is 0 Å². The van der Waals surface area contributed by atoms with E-state index in [2.05, 4.69) is 0 Å². The molecule has 4 heteroatoms. The van der Waals surface area contributed by atoms with Gasteiger partial charge in [-0.15, -0.1) is 0 Å². The average molecular weight is 194 g/mol. The number of ether oxygens (including phenoxy) is 1. The van der Waals surface area contributed by atoms with Gasteiger partial charge in [-0.3, -0.25) is 0 Å². The van der Waals surface area contributed by atoms with E-state index in [0.29, 0.717) is 6.61 Å². The van der Waals surface area contributed by atoms with E-state index >= 15 is 0 Å². The van der Waals surface area contributed by atoms with Crippen LogP contribution >= 0.6 is 0 Å². The Morgan fingerprint density at radius 1 is 1.36 bits per heavy atom. The third-order valence-electron chi connectivity index (χ3n) is 2.28. The Balaban J connectivity index is 2.17. The summed E-state index contributed by atoms with van der Waals surface area (Å²) in [5.74, 6) is -0.952. The predicted molar refractivity (Wildman–Crippen MR) is 48.1 cm³/mol. The zero-order chi connectivity index (χ0) is 10.1. The summed E-state index contributed by atoms with van der Waals surface area (Å²) in [6.07, 6.45) is -0.761. The average Bonchev–Trinajstić information content (AvgIpc) is 2.16. The van der Waals surface area contributed by atoms with Gasteiger partial charge < -0.3 is 14.9 Å². The monoisotopic (exact) mass is 194 g/mol. The van der Waals surface area contributed by atoms with Gasteiger partial charge in [0.15, 0.2) is 0 Å². The lowest BCUT2D eigenvalue weighted by molar-refractivity contribution is -0.165. The Hall–Kier alpha value is -1.39. The van der Waals surface area contributed by atoms with Gasteiger partial charge in [0.05, 0.1) is 12.2 Å². The van der Waals surface area contributed by atoms with E-state index < -0.39 is 12.1 Å². The Labute approximate surface area is 80.7 Å². The molecule has 1 aliphatic heterocycles. The van der Waals surface area contributed by atoms with Gasteiger partial charge in [-0.05, 0) is 17.7 Å². The highest BCUT2D eigenvalue weighted by atomic mass is 16.5. The molecule has 2 N–H and O–H groups in total. The molecule has 0 spiro atoms. The first-order chi connectivity index (χ1) is 6.68. The van der Waals surface area contributed by atoms with Crippen LogP contribution in [-0.4, -0.2) is 28.9 Å². The Kier molecular flexibility index (Phi) is 2.23. The Bertz CT molecular complexity index is 344. The van der Waals surface area contributed by atoms with Crippen LogP contribution in [0, 0.1) is 0 Å². The van der Waals surface area contributed by atoms with Gasteiger partial charge in [-0.1, -0.05) is 12.1 Å². The molecule has 1 heterocycles. The highest BCUT2D eigenvalue weighted by Crippen LogP contribution is 2.29. The number of aliphatic hydroxyl groups is 1. The summed E-state index contributed by atoms with van der Waals surface area (Å²) >= 11 is 0. The van der Waals surface area contributed by atoms with Crippen LogP contribution in [0.2, 0.25) is 0 Å². The zero-order valence-corrected chi connectivity index (χ0v) is 7.38. The van der Waals surface area contributed by atoms with Crippen LogP contribution in [0.4, 0.5) is 0 Å². The predicted octanol–water partition coefficient (Wildman–Crippen LogP) is 0.817. The van der Waals surface area contributed by atoms with Crippen molar-refractivity contribution in [1.82, 2.24) is 0 Å². The second kappa shape index (κ2) is 3.40. The largest absolute Gasteiger partial charge is 0.478 e. The number of benzene rings is 1. The normalized spacial score (nSPS) is 25.5. The third kappa shape index (κ3) is 1.49. The SMILES string of the molecule is O=C(O)c1ccc(C2OCC2O)cc1. The molecule has 0 saturated carbocycles. The third-order valence-corrected chi connectivity index (χ3v) is 2.28. The van der Waals surface area contributed by atoms with Crippen molar-refractivity contribution in [2.45, 2.75) is 12.2 Å². The molecule has 74 valence electrons. The highest BCUT2D eigenvalue weighted by molar-refractivity contribution is 5.87. The maximum Gasteiger partial charge on any atom is 0.335 e. The summed E-state index contributed by atoms with van der Waals surface area (Å²) in [5, 5.41) is 18.0. The number of hydrogen-bond acceptors (Lipinski definition) is 3. The molecule has 2 rings (SSSR count). The Morgan fingerprint density at radius 2 is 2.00 bits per heavy atom. The van der Waals surface area contributed by atoms with Crippen LogP contribution in [0.25, 0.3) is 0 Å². The van der Waals surface area contributed by atoms with Gasteiger partial charge in [-0.25, -0.2) is 4.79 Å². The molecule has 1 fully saturated rings. The van der Waals surface area contributed by atoms with Crippen molar-refractivity contribution in [3.05, 3.63) is 35.4 Å². The van der Waals surface area contributed by atoms with Crippen molar-refractivity contribution < 1.29 is 19.7 Å². The first-order valence-corrected chi connectivity index (χ1v) is 4.31. The van der Waals surface area contributed by atoms with E-state index in [1.807, 2.05) is 0 Å². The van der Waals surface area contributed by atoms with Gasteiger partial charge in [0.2, 0.25) is 0 Å². The van der Waals surface area contributed by atoms with Crippen molar-refractivity contribution >= 4 is 5.97 Å². The lowest BCUT2D eigenvalue weighted by Gasteiger charge is -2.33. The molecule has 0 amide bonds. The first kappa shape index (κ1) is 9.18. The van der Waals surface area contributed by atoms with Crippen molar-refractivity contribution in [2.75, 3.05) is 6.61 Å². The van der Waals surface area contributed by atoms with E-state index in [1.54, 1.807) is 12.1 Å². The number of carbonyl (C=O) groups is 1. The topological polar surface area (TPSA) is 66.8 Å². The molecule has 0 radical (unpaired) electrons. The molecule has 0 aromatic heterocycles. The van der Waals surface area contributed by atoms with E-state index in [0.717, 1.165) is 5.56 Å². The molecular weight excluding hydrogens is 184 g/mol. The second-order valence-corrected chi connectivity index (χ2v) is 3.25. The number of hydrogen-bond donors (Lipinski definition) is 2. The van der Waals surface area contributed by atoms with Crippen molar-refractivity contribution in [3.8, 4) is 0 Å². The molecule has 1 aromatic rings. The van der Waals surface area contributed by atoms with Gasteiger partial charge in [-0.2, -0.15) is 0 Å². The van der Waals surface area contributed by atoms with E-state index in [9.17, 15) is 9.90 Å². The fourth-order valence-corrected chi connectivity index (χ4v) is 1.41. The summed E-state index contributed by atoms with van der Waals surface area (Å²) in [4.78, 5) is 10.5. The van der Waals surface area contributed by atoms with Gasteiger partial charge in [0.1, 0.15) is 12.2 Å². The van der Waals surface area contributed by atoms with Crippen LogP contribution in [0.15, 0.2) is 24.3 Å². The number of carboxylic acid groups (broad SMARTS) is 1. The maximum absolute atomic E-state index is 10.5. The molecule has 14 heavy (non-hydrogen) atoms. The second-order valence-electron chi connectivity index (χ2n) is 3.25.